The quantitative estimate of drug-likeness (QED) is 0.778. The molecule has 0 aliphatic rings. The highest BCUT2D eigenvalue weighted by Gasteiger charge is 2.08. The van der Waals surface area contributed by atoms with Crippen molar-refractivity contribution in [2.75, 3.05) is 5.32 Å². The van der Waals surface area contributed by atoms with E-state index in [0.29, 0.717) is 0 Å². The number of benzene rings is 2. The molecule has 0 aliphatic carbocycles. The minimum atomic E-state index is 0.726. The first-order valence-electron chi connectivity index (χ1n) is 6.56. The number of aromatic nitrogens is 2. The Labute approximate surface area is 126 Å². The van der Waals surface area contributed by atoms with E-state index in [1.807, 2.05) is 23.9 Å². The highest BCUT2D eigenvalue weighted by molar-refractivity contribution is 9.10. The Balaban J connectivity index is 1.87. The first-order valence-corrected chi connectivity index (χ1v) is 7.35. The second-order valence-electron chi connectivity index (χ2n) is 4.90. The third kappa shape index (κ3) is 2.43. The van der Waals surface area contributed by atoms with Crippen LogP contribution in [0.3, 0.4) is 0 Å². The Kier molecular flexibility index (Phi) is 3.49. The zero-order valence-corrected chi connectivity index (χ0v) is 13.1. The average molecular weight is 330 g/mol. The van der Waals surface area contributed by atoms with Gasteiger partial charge in [0.25, 0.3) is 0 Å². The minimum Gasteiger partial charge on any atom is -0.379 e. The van der Waals surface area contributed by atoms with Crippen molar-refractivity contribution < 1.29 is 0 Å². The standard InChI is InChI=1S/C16H16BrN3/c1-11-9-12(17)7-8-14(11)18-10-15-13-5-3-4-6-16(13)20(2)19-15/h3-9,18H,10H2,1-2H3. The van der Waals surface area contributed by atoms with E-state index in [9.17, 15) is 0 Å². The summed E-state index contributed by atoms with van der Waals surface area (Å²) in [5.41, 5.74) is 4.60. The molecule has 0 radical (unpaired) electrons. The predicted octanol–water partition coefficient (Wildman–Crippen LogP) is 4.26. The van der Waals surface area contributed by atoms with E-state index in [4.69, 9.17) is 0 Å². The Morgan fingerprint density at radius 3 is 2.80 bits per heavy atom. The summed E-state index contributed by atoms with van der Waals surface area (Å²) in [5.74, 6) is 0. The maximum atomic E-state index is 4.60. The molecule has 0 spiro atoms. The molecule has 0 bridgehead atoms. The number of aryl methyl sites for hydroxylation is 2. The molecule has 0 unspecified atom stereocenters. The number of para-hydroxylation sites is 1. The van der Waals surface area contributed by atoms with Crippen molar-refractivity contribution in [1.29, 1.82) is 0 Å². The van der Waals surface area contributed by atoms with E-state index >= 15 is 0 Å². The summed E-state index contributed by atoms with van der Waals surface area (Å²) in [6, 6.07) is 14.6. The zero-order chi connectivity index (χ0) is 14.1. The summed E-state index contributed by atoms with van der Waals surface area (Å²) < 4.78 is 3.03. The second kappa shape index (κ2) is 5.29. The smallest absolute Gasteiger partial charge is 0.0894 e. The van der Waals surface area contributed by atoms with E-state index in [-0.39, 0.29) is 0 Å². The van der Waals surface area contributed by atoms with Crippen molar-refractivity contribution in [3.05, 3.63) is 58.2 Å². The predicted molar refractivity (Wildman–Crippen MR) is 86.9 cm³/mol. The summed E-state index contributed by atoms with van der Waals surface area (Å²) in [6.07, 6.45) is 0. The van der Waals surface area contributed by atoms with Gasteiger partial charge in [-0.2, -0.15) is 5.10 Å². The lowest BCUT2D eigenvalue weighted by atomic mass is 10.2. The first-order chi connectivity index (χ1) is 9.65. The van der Waals surface area contributed by atoms with Gasteiger partial charge in [0.05, 0.1) is 17.8 Å². The Morgan fingerprint density at radius 2 is 2.00 bits per heavy atom. The molecule has 0 atom stereocenters. The van der Waals surface area contributed by atoms with E-state index < -0.39 is 0 Å². The third-order valence-electron chi connectivity index (χ3n) is 3.47. The molecule has 1 heterocycles. The molecule has 0 aliphatic heterocycles. The molecule has 1 aromatic heterocycles. The van der Waals surface area contributed by atoms with Crippen LogP contribution in [-0.2, 0) is 13.6 Å². The number of halogens is 1. The molecule has 20 heavy (non-hydrogen) atoms. The molecule has 4 heteroatoms. The molecule has 0 saturated heterocycles. The number of anilines is 1. The SMILES string of the molecule is Cc1cc(Br)ccc1NCc1nn(C)c2ccccc12. The van der Waals surface area contributed by atoms with Gasteiger partial charge in [0.2, 0.25) is 0 Å². The molecule has 102 valence electrons. The third-order valence-corrected chi connectivity index (χ3v) is 3.96. The van der Waals surface area contributed by atoms with Crippen molar-refractivity contribution >= 4 is 32.5 Å². The summed E-state index contributed by atoms with van der Waals surface area (Å²) >= 11 is 3.48. The summed E-state index contributed by atoms with van der Waals surface area (Å²) in [5, 5.41) is 9.27. The number of nitrogens with zero attached hydrogens (tertiary/aromatic N) is 2. The van der Waals surface area contributed by atoms with Crippen molar-refractivity contribution in [2.24, 2.45) is 7.05 Å². The topological polar surface area (TPSA) is 29.9 Å². The zero-order valence-electron chi connectivity index (χ0n) is 11.5. The average Bonchev–Trinajstić information content (AvgIpc) is 2.75. The molecular formula is C16H16BrN3. The van der Waals surface area contributed by atoms with Crippen LogP contribution in [-0.4, -0.2) is 9.78 Å². The van der Waals surface area contributed by atoms with Gasteiger partial charge < -0.3 is 5.32 Å². The van der Waals surface area contributed by atoms with Crippen LogP contribution < -0.4 is 5.32 Å². The van der Waals surface area contributed by atoms with Crippen LogP contribution >= 0.6 is 15.9 Å². The molecule has 3 nitrogen and oxygen atoms in total. The number of rotatable bonds is 3. The molecule has 0 fully saturated rings. The summed E-state index contributed by atoms with van der Waals surface area (Å²) in [6.45, 7) is 2.83. The van der Waals surface area contributed by atoms with Crippen LogP contribution in [0.2, 0.25) is 0 Å². The number of nitrogens with one attached hydrogen (secondary N) is 1. The van der Waals surface area contributed by atoms with Crippen LogP contribution in [0.1, 0.15) is 11.3 Å². The van der Waals surface area contributed by atoms with Crippen molar-refractivity contribution in [3.63, 3.8) is 0 Å². The van der Waals surface area contributed by atoms with E-state index in [0.717, 1.165) is 27.9 Å². The normalized spacial score (nSPS) is 10.9. The van der Waals surface area contributed by atoms with Gasteiger partial charge in [-0.1, -0.05) is 34.1 Å². The Bertz CT molecular complexity index is 762. The molecule has 0 saturated carbocycles. The lowest BCUT2D eigenvalue weighted by Crippen LogP contribution is -2.02. The fraction of sp³-hybridized carbons (Fsp3) is 0.188. The largest absolute Gasteiger partial charge is 0.379 e. The Hall–Kier alpha value is -1.81. The van der Waals surface area contributed by atoms with Gasteiger partial charge in [0.15, 0.2) is 0 Å². The monoisotopic (exact) mass is 329 g/mol. The van der Waals surface area contributed by atoms with Gasteiger partial charge in [-0.25, -0.2) is 0 Å². The molecule has 2 aromatic carbocycles. The van der Waals surface area contributed by atoms with Gasteiger partial charge in [-0.3, -0.25) is 4.68 Å². The van der Waals surface area contributed by atoms with Gasteiger partial charge in [-0.15, -0.1) is 0 Å². The highest BCUT2D eigenvalue weighted by Crippen LogP contribution is 2.22. The maximum absolute atomic E-state index is 4.60. The van der Waals surface area contributed by atoms with Crippen LogP contribution in [0.15, 0.2) is 46.9 Å². The molecule has 3 rings (SSSR count). The van der Waals surface area contributed by atoms with Gasteiger partial charge in [-0.05, 0) is 36.8 Å². The van der Waals surface area contributed by atoms with E-state index in [1.54, 1.807) is 0 Å². The fourth-order valence-electron chi connectivity index (χ4n) is 2.42. The van der Waals surface area contributed by atoms with Crippen molar-refractivity contribution in [1.82, 2.24) is 9.78 Å². The minimum absolute atomic E-state index is 0.726. The van der Waals surface area contributed by atoms with Crippen molar-refractivity contribution in [2.45, 2.75) is 13.5 Å². The molecule has 1 N–H and O–H groups in total. The fourth-order valence-corrected chi connectivity index (χ4v) is 2.90. The number of hydrogen-bond acceptors (Lipinski definition) is 2. The van der Waals surface area contributed by atoms with Gasteiger partial charge in [0, 0.05) is 22.6 Å². The van der Waals surface area contributed by atoms with Crippen LogP contribution in [0, 0.1) is 6.92 Å². The summed E-state index contributed by atoms with van der Waals surface area (Å²) in [7, 11) is 1.98. The van der Waals surface area contributed by atoms with E-state index in [2.05, 4.69) is 63.6 Å². The lowest BCUT2D eigenvalue weighted by Gasteiger charge is -2.08. The van der Waals surface area contributed by atoms with E-state index in [1.165, 1.54) is 10.9 Å². The van der Waals surface area contributed by atoms with Crippen LogP contribution in [0.5, 0.6) is 0 Å². The second-order valence-corrected chi connectivity index (χ2v) is 5.82. The Morgan fingerprint density at radius 1 is 1.20 bits per heavy atom. The number of fused-ring (bicyclic) bond motifs is 1. The molecule has 3 aromatic rings. The van der Waals surface area contributed by atoms with Gasteiger partial charge >= 0.3 is 0 Å². The molecular weight excluding hydrogens is 314 g/mol. The van der Waals surface area contributed by atoms with Crippen LogP contribution in [0.4, 0.5) is 5.69 Å². The van der Waals surface area contributed by atoms with Crippen molar-refractivity contribution in [3.8, 4) is 0 Å². The molecule has 0 amide bonds. The lowest BCUT2D eigenvalue weighted by molar-refractivity contribution is 0.771. The maximum Gasteiger partial charge on any atom is 0.0894 e. The highest BCUT2D eigenvalue weighted by atomic mass is 79.9. The first kappa shape index (κ1) is 13.2. The summed E-state index contributed by atoms with van der Waals surface area (Å²) in [4.78, 5) is 0. The van der Waals surface area contributed by atoms with Crippen LogP contribution in [0.25, 0.3) is 10.9 Å². The van der Waals surface area contributed by atoms with Gasteiger partial charge in [0.1, 0.15) is 0 Å². The number of hydrogen-bond donors (Lipinski definition) is 1.